The van der Waals surface area contributed by atoms with Gasteiger partial charge in [-0.15, -0.1) is 0 Å². The normalized spacial score (nSPS) is 15.3. The second-order valence-electron chi connectivity index (χ2n) is 6.65. The maximum Gasteiger partial charge on any atom is 0.257 e. The van der Waals surface area contributed by atoms with Crippen LogP contribution in [-0.4, -0.2) is 63.2 Å². The van der Waals surface area contributed by atoms with Crippen molar-refractivity contribution in [1.82, 2.24) is 9.80 Å². The van der Waals surface area contributed by atoms with Gasteiger partial charge in [0.2, 0.25) is 5.75 Å². The summed E-state index contributed by atoms with van der Waals surface area (Å²) in [4.78, 5) is 17.0. The first-order valence-electron chi connectivity index (χ1n) is 9.41. The van der Waals surface area contributed by atoms with Crippen LogP contribution in [0.5, 0.6) is 17.2 Å². The van der Waals surface area contributed by atoms with E-state index in [1.54, 1.807) is 17.0 Å². The lowest BCUT2D eigenvalue weighted by molar-refractivity contribution is 0.0602. The third-order valence-corrected chi connectivity index (χ3v) is 5.14. The minimum atomic E-state index is -0.316. The van der Waals surface area contributed by atoms with E-state index < -0.39 is 0 Å². The number of carbonyl (C=O) groups excluding carboxylic acids is 1. The second-order valence-corrected chi connectivity index (χ2v) is 6.65. The molecule has 3 rings (SSSR count). The Kier molecular flexibility index (Phi) is 6.57. The van der Waals surface area contributed by atoms with Crippen LogP contribution >= 0.6 is 0 Å². The van der Waals surface area contributed by atoms with Gasteiger partial charge in [-0.3, -0.25) is 9.69 Å². The summed E-state index contributed by atoms with van der Waals surface area (Å²) < 4.78 is 16.1. The first-order chi connectivity index (χ1) is 14.1. The molecule has 1 saturated heterocycles. The molecule has 152 valence electrons. The summed E-state index contributed by atoms with van der Waals surface area (Å²) in [6, 6.07) is 15.2. The van der Waals surface area contributed by atoms with Gasteiger partial charge in [0.15, 0.2) is 11.5 Å². The van der Waals surface area contributed by atoms with Crippen molar-refractivity contribution >= 4 is 5.91 Å². The first kappa shape index (κ1) is 20.5. The van der Waals surface area contributed by atoms with Crippen molar-refractivity contribution in [1.29, 1.82) is 5.26 Å². The summed E-state index contributed by atoms with van der Waals surface area (Å²) in [5.41, 5.74) is 1.40. The lowest BCUT2D eigenvalue weighted by Crippen LogP contribution is -2.49. The van der Waals surface area contributed by atoms with Gasteiger partial charge in [0.05, 0.1) is 33.0 Å². The van der Waals surface area contributed by atoms with Crippen LogP contribution in [0.1, 0.15) is 22.0 Å². The summed E-state index contributed by atoms with van der Waals surface area (Å²) in [5, 5.41) is 9.65. The highest BCUT2D eigenvalue weighted by atomic mass is 16.5. The minimum absolute atomic E-state index is 0.129. The zero-order valence-electron chi connectivity index (χ0n) is 16.9. The van der Waals surface area contributed by atoms with E-state index in [9.17, 15) is 10.1 Å². The topological polar surface area (TPSA) is 75.0 Å². The number of amides is 1. The zero-order chi connectivity index (χ0) is 20.8. The molecule has 1 amide bonds. The highest BCUT2D eigenvalue weighted by Gasteiger charge is 2.30. The van der Waals surface area contributed by atoms with E-state index in [0.717, 1.165) is 5.56 Å². The molecule has 0 bridgehead atoms. The van der Waals surface area contributed by atoms with Gasteiger partial charge in [-0.05, 0) is 17.7 Å². The Morgan fingerprint density at radius 2 is 1.59 bits per heavy atom. The van der Waals surface area contributed by atoms with Crippen molar-refractivity contribution in [3.8, 4) is 23.3 Å². The van der Waals surface area contributed by atoms with Crippen molar-refractivity contribution in [2.75, 3.05) is 47.5 Å². The molecule has 0 saturated carbocycles. The van der Waals surface area contributed by atoms with E-state index in [-0.39, 0.29) is 11.9 Å². The summed E-state index contributed by atoms with van der Waals surface area (Å²) in [7, 11) is 4.55. The first-order valence-corrected chi connectivity index (χ1v) is 9.41. The van der Waals surface area contributed by atoms with E-state index in [4.69, 9.17) is 14.2 Å². The van der Waals surface area contributed by atoms with Crippen molar-refractivity contribution in [2.45, 2.75) is 6.04 Å². The standard InChI is InChI=1S/C22H25N3O4/c1-27-19-10-9-17(20(28-2)21(19)29-3)22(26)25-13-11-24(12-14-25)18(15-23)16-7-5-4-6-8-16/h4-10,18H,11-14H2,1-3H3/t18-/m1/s1. The summed E-state index contributed by atoms with van der Waals surface area (Å²) in [5.74, 6) is 1.13. The largest absolute Gasteiger partial charge is 0.493 e. The van der Waals surface area contributed by atoms with Gasteiger partial charge in [0.1, 0.15) is 6.04 Å². The molecular formula is C22H25N3O4. The fraction of sp³-hybridized carbons (Fsp3) is 0.364. The van der Waals surface area contributed by atoms with Crippen molar-refractivity contribution in [2.24, 2.45) is 0 Å². The molecule has 0 unspecified atom stereocenters. The molecule has 0 radical (unpaired) electrons. The number of ether oxygens (including phenoxy) is 3. The van der Waals surface area contributed by atoms with E-state index in [0.29, 0.717) is 49.0 Å². The summed E-state index contributed by atoms with van der Waals surface area (Å²) >= 11 is 0. The Hall–Kier alpha value is -3.24. The highest BCUT2D eigenvalue weighted by molar-refractivity contribution is 5.98. The van der Waals surface area contributed by atoms with Crippen molar-refractivity contribution < 1.29 is 19.0 Å². The number of hydrogen-bond donors (Lipinski definition) is 0. The Morgan fingerprint density at radius 1 is 0.931 bits per heavy atom. The predicted octanol–water partition coefficient (Wildman–Crippen LogP) is 2.74. The number of rotatable bonds is 6. The molecule has 7 nitrogen and oxygen atoms in total. The van der Waals surface area contributed by atoms with Gasteiger partial charge in [0.25, 0.3) is 5.91 Å². The number of nitrogens with zero attached hydrogens (tertiary/aromatic N) is 3. The Bertz CT molecular complexity index is 887. The van der Waals surface area contributed by atoms with Crippen LogP contribution < -0.4 is 14.2 Å². The molecular weight excluding hydrogens is 370 g/mol. The van der Waals surface area contributed by atoms with E-state index in [1.807, 2.05) is 30.3 Å². The maximum absolute atomic E-state index is 13.1. The van der Waals surface area contributed by atoms with Gasteiger partial charge < -0.3 is 19.1 Å². The Balaban J connectivity index is 1.75. The van der Waals surface area contributed by atoms with Gasteiger partial charge in [0, 0.05) is 26.2 Å². The second kappa shape index (κ2) is 9.30. The quantitative estimate of drug-likeness (QED) is 0.749. The molecule has 0 spiro atoms. The monoisotopic (exact) mass is 395 g/mol. The highest BCUT2D eigenvalue weighted by Crippen LogP contribution is 2.40. The molecule has 2 aromatic rings. The average molecular weight is 395 g/mol. The van der Waals surface area contributed by atoms with Crippen molar-refractivity contribution in [3.63, 3.8) is 0 Å². The molecule has 1 heterocycles. The molecule has 0 aromatic heterocycles. The SMILES string of the molecule is COc1ccc(C(=O)N2CCN([C@H](C#N)c3ccccc3)CC2)c(OC)c1OC. The van der Waals surface area contributed by atoms with Gasteiger partial charge in [-0.2, -0.15) is 5.26 Å². The molecule has 7 heteroatoms. The third-order valence-electron chi connectivity index (χ3n) is 5.14. The number of piperazine rings is 1. The maximum atomic E-state index is 13.1. The molecule has 0 N–H and O–H groups in total. The zero-order valence-corrected chi connectivity index (χ0v) is 16.9. The number of benzene rings is 2. The molecule has 29 heavy (non-hydrogen) atoms. The molecule has 1 aliphatic rings. The van der Waals surface area contributed by atoms with Crippen LogP contribution in [-0.2, 0) is 0 Å². The molecule has 1 atom stereocenters. The smallest absolute Gasteiger partial charge is 0.257 e. The fourth-order valence-corrected chi connectivity index (χ4v) is 3.63. The van der Waals surface area contributed by atoms with E-state index in [2.05, 4.69) is 11.0 Å². The Labute approximate surface area is 171 Å². The van der Waals surface area contributed by atoms with E-state index in [1.165, 1.54) is 21.3 Å². The molecule has 2 aromatic carbocycles. The van der Waals surface area contributed by atoms with Crippen LogP contribution in [0.25, 0.3) is 0 Å². The lowest BCUT2D eigenvalue weighted by Gasteiger charge is -2.37. The van der Waals surface area contributed by atoms with Crippen LogP contribution in [0.2, 0.25) is 0 Å². The number of hydrogen-bond acceptors (Lipinski definition) is 6. The van der Waals surface area contributed by atoms with Crippen LogP contribution in [0.4, 0.5) is 0 Å². The van der Waals surface area contributed by atoms with Gasteiger partial charge >= 0.3 is 0 Å². The predicted molar refractivity (Wildman–Crippen MR) is 108 cm³/mol. The number of carbonyl (C=O) groups is 1. The van der Waals surface area contributed by atoms with Crippen LogP contribution in [0.15, 0.2) is 42.5 Å². The lowest BCUT2D eigenvalue weighted by atomic mass is 10.1. The minimum Gasteiger partial charge on any atom is -0.493 e. The average Bonchev–Trinajstić information content (AvgIpc) is 2.79. The van der Waals surface area contributed by atoms with Crippen LogP contribution in [0, 0.1) is 11.3 Å². The summed E-state index contributed by atoms with van der Waals surface area (Å²) in [6.07, 6.45) is 0. The summed E-state index contributed by atoms with van der Waals surface area (Å²) in [6.45, 7) is 2.30. The fourth-order valence-electron chi connectivity index (χ4n) is 3.63. The van der Waals surface area contributed by atoms with Gasteiger partial charge in [-0.25, -0.2) is 0 Å². The number of methoxy groups -OCH3 is 3. The molecule has 0 aliphatic carbocycles. The molecule has 1 aliphatic heterocycles. The van der Waals surface area contributed by atoms with Crippen LogP contribution in [0.3, 0.4) is 0 Å². The van der Waals surface area contributed by atoms with E-state index >= 15 is 0 Å². The third kappa shape index (κ3) is 4.13. The Morgan fingerprint density at radius 3 is 2.14 bits per heavy atom. The van der Waals surface area contributed by atoms with Gasteiger partial charge in [-0.1, -0.05) is 30.3 Å². The number of nitriles is 1. The molecule has 1 fully saturated rings. The van der Waals surface area contributed by atoms with Crippen molar-refractivity contribution in [3.05, 3.63) is 53.6 Å².